The minimum atomic E-state index is -1.57. The Morgan fingerprint density at radius 3 is 2.65 bits per heavy atom. The molecule has 0 bridgehead atoms. The normalized spacial score (nSPS) is 19.3. The number of fused-ring (bicyclic) bond motifs is 2. The van der Waals surface area contributed by atoms with Crippen molar-refractivity contribution in [3.8, 4) is 0 Å². The maximum absolute atomic E-state index is 13.6. The van der Waals surface area contributed by atoms with Crippen LogP contribution in [0, 0.1) is 0 Å². The Morgan fingerprint density at radius 2 is 1.88 bits per heavy atom. The zero-order chi connectivity index (χ0) is 23.7. The highest BCUT2D eigenvalue weighted by molar-refractivity contribution is 7.85. The molecule has 2 aliphatic heterocycles. The second kappa shape index (κ2) is 9.70. The predicted molar refractivity (Wildman–Crippen MR) is 131 cm³/mol. The van der Waals surface area contributed by atoms with Crippen molar-refractivity contribution < 1.29 is 18.5 Å². The summed E-state index contributed by atoms with van der Waals surface area (Å²) >= 11 is 6.03. The van der Waals surface area contributed by atoms with Gasteiger partial charge < -0.3 is 15.0 Å². The number of ether oxygens (including phenoxy) is 1. The van der Waals surface area contributed by atoms with Crippen LogP contribution in [0.4, 0.5) is 5.69 Å². The van der Waals surface area contributed by atoms with Gasteiger partial charge in [-0.2, -0.15) is 0 Å². The lowest BCUT2D eigenvalue weighted by Crippen LogP contribution is -2.33. The van der Waals surface area contributed by atoms with Crippen LogP contribution in [-0.2, 0) is 22.1 Å². The zero-order valence-corrected chi connectivity index (χ0v) is 19.9. The molecule has 1 saturated heterocycles. The van der Waals surface area contributed by atoms with Gasteiger partial charge in [0.2, 0.25) is 0 Å². The molecule has 2 amide bonds. The van der Waals surface area contributed by atoms with Crippen LogP contribution >= 0.6 is 11.6 Å². The van der Waals surface area contributed by atoms with Crippen LogP contribution in [0.25, 0.3) is 0 Å². The third kappa shape index (κ3) is 4.51. The van der Waals surface area contributed by atoms with Gasteiger partial charge in [0.15, 0.2) is 0 Å². The lowest BCUT2D eigenvalue weighted by molar-refractivity contribution is 0.0857. The Kier molecular flexibility index (Phi) is 6.50. The highest BCUT2D eigenvalue weighted by Crippen LogP contribution is 2.36. The molecule has 1 N–H and O–H groups in total. The number of amides is 2. The standard InChI is InChI=1S/C26H23ClN2O4S/c27-19-10-7-17(8-11-19)16-29-22-14-18(25(30)28-15-20-4-3-13-33-20)9-12-24(22)34(32)23-6-2-1-5-21(23)26(29)31/h1-2,5-12,14,20H,3-4,13,15-16H2,(H,28,30). The van der Waals surface area contributed by atoms with Crippen molar-refractivity contribution in [1.82, 2.24) is 5.32 Å². The molecular formula is C26H23ClN2O4S. The average Bonchev–Trinajstić information content (AvgIpc) is 3.37. The molecule has 2 aliphatic rings. The summed E-state index contributed by atoms with van der Waals surface area (Å²) < 4.78 is 19.1. The van der Waals surface area contributed by atoms with Crippen molar-refractivity contribution in [2.75, 3.05) is 18.1 Å². The Labute approximate surface area is 205 Å². The maximum Gasteiger partial charge on any atom is 0.259 e. The minimum absolute atomic E-state index is 0.0229. The van der Waals surface area contributed by atoms with E-state index >= 15 is 0 Å². The fraction of sp³-hybridized carbons (Fsp3) is 0.231. The molecular weight excluding hydrogens is 472 g/mol. The van der Waals surface area contributed by atoms with E-state index in [4.69, 9.17) is 16.3 Å². The van der Waals surface area contributed by atoms with E-state index in [1.165, 1.54) is 0 Å². The molecule has 0 spiro atoms. The number of hydrogen-bond donors (Lipinski definition) is 1. The van der Waals surface area contributed by atoms with Gasteiger partial charge in [-0.15, -0.1) is 0 Å². The smallest absolute Gasteiger partial charge is 0.259 e. The molecule has 2 heterocycles. The van der Waals surface area contributed by atoms with Gasteiger partial charge in [0.05, 0.1) is 44.5 Å². The van der Waals surface area contributed by atoms with Gasteiger partial charge >= 0.3 is 0 Å². The Hall–Kier alpha value is -3.00. The molecule has 2 atom stereocenters. The van der Waals surface area contributed by atoms with E-state index in [9.17, 15) is 13.8 Å². The van der Waals surface area contributed by atoms with E-state index < -0.39 is 10.8 Å². The first-order valence-electron chi connectivity index (χ1n) is 11.1. The number of hydrogen-bond acceptors (Lipinski definition) is 4. The van der Waals surface area contributed by atoms with Crippen molar-refractivity contribution in [3.05, 3.63) is 88.4 Å². The van der Waals surface area contributed by atoms with Crippen LogP contribution < -0.4 is 10.2 Å². The Balaban J connectivity index is 1.53. The van der Waals surface area contributed by atoms with Crippen LogP contribution in [0.5, 0.6) is 0 Å². The quantitative estimate of drug-likeness (QED) is 0.563. The molecule has 6 nitrogen and oxygen atoms in total. The second-order valence-corrected chi connectivity index (χ2v) is 10.2. The van der Waals surface area contributed by atoms with Gasteiger partial charge in [0.25, 0.3) is 11.8 Å². The minimum Gasteiger partial charge on any atom is -0.376 e. The van der Waals surface area contributed by atoms with Gasteiger partial charge in [0.1, 0.15) is 0 Å². The monoisotopic (exact) mass is 494 g/mol. The van der Waals surface area contributed by atoms with Crippen LogP contribution in [0.3, 0.4) is 0 Å². The molecule has 3 aromatic carbocycles. The fourth-order valence-corrected chi connectivity index (χ4v) is 5.72. The summed E-state index contributed by atoms with van der Waals surface area (Å²) in [6.07, 6.45) is 1.94. The first-order valence-corrected chi connectivity index (χ1v) is 12.6. The summed E-state index contributed by atoms with van der Waals surface area (Å²) in [5.74, 6) is -0.528. The Morgan fingerprint density at radius 1 is 1.09 bits per heavy atom. The van der Waals surface area contributed by atoms with Crippen molar-refractivity contribution in [2.24, 2.45) is 0 Å². The third-order valence-corrected chi connectivity index (χ3v) is 7.79. The Bertz CT molecular complexity index is 1270. The van der Waals surface area contributed by atoms with Crippen molar-refractivity contribution in [3.63, 3.8) is 0 Å². The van der Waals surface area contributed by atoms with Gasteiger partial charge in [-0.1, -0.05) is 35.9 Å². The molecule has 174 valence electrons. The summed E-state index contributed by atoms with van der Waals surface area (Å²) in [6, 6.07) is 19.1. The number of nitrogens with zero attached hydrogens (tertiary/aromatic N) is 1. The summed E-state index contributed by atoms with van der Waals surface area (Å²) in [5, 5.41) is 3.52. The molecule has 0 aromatic heterocycles. The average molecular weight is 495 g/mol. The lowest BCUT2D eigenvalue weighted by atomic mass is 10.1. The number of halogens is 1. The maximum atomic E-state index is 13.6. The molecule has 3 aromatic rings. The van der Waals surface area contributed by atoms with E-state index in [2.05, 4.69) is 5.32 Å². The summed E-state index contributed by atoms with van der Waals surface area (Å²) in [6.45, 7) is 1.39. The number of carbonyl (C=O) groups is 2. The number of anilines is 1. The molecule has 1 fully saturated rings. The van der Waals surface area contributed by atoms with E-state index in [1.807, 2.05) is 12.1 Å². The second-order valence-electron chi connectivity index (χ2n) is 8.31. The van der Waals surface area contributed by atoms with Gasteiger partial charge in [-0.3, -0.25) is 9.59 Å². The predicted octanol–water partition coefficient (Wildman–Crippen LogP) is 4.58. The molecule has 0 aliphatic carbocycles. The SMILES string of the molecule is O=C(NCC1CCCO1)c1ccc2c(c1)N(Cc1ccc(Cl)cc1)C(=O)c1ccccc1S2=O. The number of nitrogens with one attached hydrogen (secondary N) is 1. The summed E-state index contributed by atoms with van der Waals surface area (Å²) in [4.78, 5) is 29.1. The molecule has 2 unspecified atom stereocenters. The molecule has 5 rings (SSSR count). The highest BCUT2D eigenvalue weighted by atomic mass is 35.5. The van der Waals surface area contributed by atoms with E-state index in [0.29, 0.717) is 44.8 Å². The van der Waals surface area contributed by atoms with E-state index in [-0.39, 0.29) is 24.5 Å². The van der Waals surface area contributed by atoms with Crippen LogP contribution in [0.2, 0.25) is 5.02 Å². The summed E-state index contributed by atoms with van der Waals surface area (Å²) in [7, 11) is -1.57. The zero-order valence-electron chi connectivity index (χ0n) is 18.3. The first kappa shape index (κ1) is 22.8. The first-order chi connectivity index (χ1) is 16.5. The fourth-order valence-electron chi connectivity index (χ4n) is 4.25. The number of benzene rings is 3. The van der Waals surface area contributed by atoms with Crippen molar-refractivity contribution in [2.45, 2.75) is 35.3 Å². The van der Waals surface area contributed by atoms with E-state index in [0.717, 1.165) is 18.4 Å². The van der Waals surface area contributed by atoms with Crippen molar-refractivity contribution in [1.29, 1.82) is 0 Å². The summed E-state index contributed by atoms with van der Waals surface area (Å²) in [5.41, 5.74) is 2.10. The van der Waals surface area contributed by atoms with E-state index in [1.54, 1.807) is 59.5 Å². The number of carbonyl (C=O) groups excluding carboxylic acids is 2. The molecule has 0 saturated carbocycles. The van der Waals surface area contributed by atoms with Crippen LogP contribution in [-0.4, -0.2) is 35.3 Å². The van der Waals surface area contributed by atoms with Crippen LogP contribution in [0.1, 0.15) is 39.1 Å². The molecule has 0 radical (unpaired) electrons. The molecule has 34 heavy (non-hydrogen) atoms. The largest absolute Gasteiger partial charge is 0.376 e. The van der Waals surface area contributed by atoms with Gasteiger partial charge in [-0.05, 0) is 60.9 Å². The molecule has 8 heteroatoms. The topological polar surface area (TPSA) is 75.7 Å². The van der Waals surface area contributed by atoms with Gasteiger partial charge in [-0.25, -0.2) is 4.21 Å². The highest BCUT2D eigenvalue weighted by Gasteiger charge is 2.31. The third-order valence-electron chi connectivity index (χ3n) is 6.04. The van der Waals surface area contributed by atoms with Crippen LogP contribution in [0.15, 0.2) is 76.5 Å². The lowest BCUT2D eigenvalue weighted by Gasteiger charge is -2.24. The number of rotatable bonds is 5. The van der Waals surface area contributed by atoms with Crippen molar-refractivity contribution >= 4 is 39.9 Å². The van der Waals surface area contributed by atoms with Gasteiger partial charge in [0, 0.05) is 23.7 Å².